The van der Waals surface area contributed by atoms with E-state index in [1.807, 2.05) is 24.3 Å². The number of methoxy groups -OCH3 is 2. The van der Waals surface area contributed by atoms with Gasteiger partial charge in [-0.3, -0.25) is 4.79 Å². The monoisotopic (exact) mass is 426 g/mol. The number of halogens is 1. The lowest BCUT2D eigenvalue weighted by Crippen LogP contribution is -2.27. The Bertz CT molecular complexity index is 1040. The predicted octanol–water partition coefficient (Wildman–Crippen LogP) is 4.60. The molecule has 0 aliphatic heterocycles. The second-order valence-electron chi connectivity index (χ2n) is 7.32. The molecule has 0 amide bonds. The van der Waals surface area contributed by atoms with E-state index in [4.69, 9.17) is 9.47 Å². The molecule has 3 aromatic rings. The third-order valence-corrected chi connectivity index (χ3v) is 6.48. The van der Waals surface area contributed by atoms with E-state index in [-0.39, 0.29) is 18.1 Å². The molecule has 0 saturated heterocycles. The van der Waals surface area contributed by atoms with Crippen LogP contribution in [0.4, 0.5) is 9.52 Å². The maximum Gasteiger partial charge on any atom is 0.183 e. The Kier molecular flexibility index (Phi) is 5.72. The maximum absolute atomic E-state index is 14.2. The van der Waals surface area contributed by atoms with Crippen molar-refractivity contribution in [1.29, 1.82) is 0 Å². The molecule has 0 atom stereocenters. The number of Topliss-reactive ketones (excluding diaryl/α,β-unsaturated/α-hetero) is 1. The van der Waals surface area contributed by atoms with Gasteiger partial charge in [0.1, 0.15) is 17.3 Å². The van der Waals surface area contributed by atoms with Gasteiger partial charge in [0, 0.05) is 23.1 Å². The summed E-state index contributed by atoms with van der Waals surface area (Å²) in [4.78, 5) is 18.1. The molecule has 1 aliphatic rings. The Balaban J connectivity index is 1.39. The number of thiazole rings is 1. The highest BCUT2D eigenvalue weighted by molar-refractivity contribution is 7.15. The van der Waals surface area contributed by atoms with Crippen LogP contribution in [0.3, 0.4) is 0 Å². The third-order valence-electron chi connectivity index (χ3n) is 5.53. The first-order chi connectivity index (χ1) is 14.6. The van der Waals surface area contributed by atoms with Gasteiger partial charge in [-0.2, -0.15) is 0 Å². The Morgan fingerprint density at radius 1 is 1.17 bits per heavy atom. The van der Waals surface area contributed by atoms with Gasteiger partial charge in [0.2, 0.25) is 0 Å². The van der Waals surface area contributed by atoms with Gasteiger partial charge in [-0.15, -0.1) is 11.3 Å². The van der Waals surface area contributed by atoms with Gasteiger partial charge in [-0.05, 0) is 42.7 Å². The number of carbonyl (C=O) groups is 1. The lowest BCUT2D eigenvalue weighted by atomic mass is 9.91. The molecule has 2 aromatic carbocycles. The predicted molar refractivity (Wildman–Crippen MR) is 115 cm³/mol. The van der Waals surface area contributed by atoms with Crippen molar-refractivity contribution in [2.75, 3.05) is 26.1 Å². The number of hydrogen-bond acceptors (Lipinski definition) is 6. The van der Waals surface area contributed by atoms with Crippen LogP contribution in [0.2, 0.25) is 0 Å². The second-order valence-corrected chi connectivity index (χ2v) is 8.43. The van der Waals surface area contributed by atoms with E-state index in [9.17, 15) is 9.18 Å². The van der Waals surface area contributed by atoms with Gasteiger partial charge in [-0.1, -0.05) is 18.2 Å². The molecule has 30 heavy (non-hydrogen) atoms. The molecule has 7 heteroatoms. The minimum absolute atomic E-state index is 0.153. The molecular weight excluding hydrogens is 403 g/mol. The topological polar surface area (TPSA) is 60.5 Å². The van der Waals surface area contributed by atoms with E-state index >= 15 is 0 Å². The van der Waals surface area contributed by atoms with E-state index in [1.165, 1.54) is 24.5 Å². The van der Waals surface area contributed by atoms with Crippen LogP contribution in [0.1, 0.15) is 28.8 Å². The summed E-state index contributed by atoms with van der Waals surface area (Å²) in [6.45, 7) is 0.210. The first kappa shape index (κ1) is 20.3. The van der Waals surface area contributed by atoms with Gasteiger partial charge in [0.15, 0.2) is 10.9 Å². The molecule has 4 rings (SSSR count). The molecular formula is C23H23FN2O3S. The molecule has 1 heterocycles. The van der Waals surface area contributed by atoms with Crippen LogP contribution < -0.4 is 14.8 Å². The van der Waals surface area contributed by atoms with Gasteiger partial charge in [0.05, 0.1) is 26.2 Å². The lowest BCUT2D eigenvalue weighted by molar-refractivity contribution is -0.119. The van der Waals surface area contributed by atoms with Crippen molar-refractivity contribution in [1.82, 2.24) is 4.98 Å². The number of benzene rings is 2. The van der Waals surface area contributed by atoms with Crippen molar-refractivity contribution in [3.8, 4) is 11.5 Å². The quantitative estimate of drug-likeness (QED) is 0.542. The molecule has 0 radical (unpaired) electrons. The van der Waals surface area contributed by atoms with E-state index in [2.05, 4.69) is 10.3 Å². The van der Waals surface area contributed by atoms with Crippen LogP contribution in [0, 0.1) is 5.82 Å². The largest absolute Gasteiger partial charge is 0.497 e. The fourth-order valence-electron chi connectivity index (χ4n) is 3.64. The first-order valence-corrected chi connectivity index (χ1v) is 10.5. The van der Waals surface area contributed by atoms with Crippen molar-refractivity contribution >= 4 is 22.3 Å². The highest BCUT2D eigenvalue weighted by Crippen LogP contribution is 2.49. The Labute approximate surface area is 178 Å². The molecule has 156 valence electrons. The van der Waals surface area contributed by atoms with Crippen LogP contribution in [0.5, 0.6) is 11.5 Å². The van der Waals surface area contributed by atoms with E-state index in [0.717, 1.165) is 29.0 Å². The van der Waals surface area contributed by atoms with Gasteiger partial charge in [-0.25, -0.2) is 9.37 Å². The standard InChI is InChI=1S/C23H23FN2O3S/c1-28-16-8-6-15(7-9-16)23(10-11-23)21(27)14-26-22-25-13-17(30-22)12-18-19(24)4-3-5-20(18)29-2/h3-9,13H,10-12,14H2,1-2H3,(H,25,26). The molecule has 1 N–H and O–H groups in total. The van der Waals surface area contributed by atoms with Crippen LogP contribution in [0.25, 0.3) is 0 Å². The minimum Gasteiger partial charge on any atom is -0.497 e. The summed E-state index contributed by atoms with van der Waals surface area (Å²) in [6.07, 6.45) is 3.81. The zero-order valence-corrected chi connectivity index (χ0v) is 17.7. The number of ketones is 1. The average molecular weight is 427 g/mol. The summed E-state index contributed by atoms with van der Waals surface area (Å²) >= 11 is 1.42. The van der Waals surface area contributed by atoms with E-state index < -0.39 is 5.41 Å². The summed E-state index contributed by atoms with van der Waals surface area (Å²) < 4.78 is 24.6. The van der Waals surface area contributed by atoms with Crippen LogP contribution in [0.15, 0.2) is 48.7 Å². The number of hydrogen-bond donors (Lipinski definition) is 1. The number of aromatic nitrogens is 1. The average Bonchev–Trinajstić information content (AvgIpc) is 3.47. The van der Waals surface area contributed by atoms with E-state index in [1.54, 1.807) is 25.4 Å². The zero-order valence-electron chi connectivity index (χ0n) is 16.9. The maximum atomic E-state index is 14.2. The summed E-state index contributed by atoms with van der Waals surface area (Å²) in [7, 11) is 3.15. The van der Waals surface area contributed by atoms with Crippen molar-refractivity contribution in [3.05, 3.63) is 70.5 Å². The SMILES string of the molecule is COc1ccc(C2(C(=O)CNc3ncc(Cc4c(F)cccc4OC)s3)CC2)cc1. The third kappa shape index (κ3) is 4.03. The molecule has 5 nitrogen and oxygen atoms in total. The van der Waals surface area contributed by atoms with Crippen LogP contribution in [-0.2, 0) is 16.6 Å². The Hall–Kier alpha value is -2.93. The molecule has 1 aliphatic carbocycles. The van der Waals surface area contributed by atoms with E-state index in [0.29, 0.717) is 22.9 Å². The first-order valence-electron chi connectivity index (χ1n) is 9.73. The van der Waals surface area contributed by atoms with Crippen molar-refractivity contribution in [2.45, 2.75) is 24.7 Å². The summed E-state index contributed by atoms with van der Waals surface area (Å²) in [5, 5.41) is 3.79. The highest BCUT2D eigenvalue weighted by atomic mass is 32.1. The molecule has 0 bridgehead atoms. The molecule has 0 spiro atoms. The smallest absolute Gasteiger partial charge is 0.183 e. The van der Waals surface area contributed by atoms with Crippen LogP contribution in [-0.4, -0.2) is 31.5 Å². The molecule has 1 saturated carbocycles. The number of carbonyl (C=O) groups excluding carboxylic acids is 1. The zero-order chi connectivity index (χ0) is 21.1. The summed E-state index contributed by atoms with van der Waals surface area (Å²) in [5.41, 5.74) is 1.13. The Morgan fingerprint density at radius 2 is 1.93 bits per heavy atom. The number of rotatable bonds is 9. The van der Waals surface area contributed by atoms with Gasteiger partial charge < -0.3 is 14.8 Å². The fraction of sp³-hybridized carbons (Fsp3) is 0.304. The minimum atomic E-state index is -0.403. The number of ether oxygens (including phenoxy) is 2. The van der Waals surface area contributed by atoms with Gasteiger partial charge >= 0.3 is 0 Å². The lowest BCUT2D eigenvalue weighted by Gasteiger charge is -2.15. The number of nitrogens with one attached hydrogen (secondary N) is 1. The van der Waals surface area contributed by atoms with Crippen molar-refractivity contribution in [3.63, 3.8) is 0 Å². The Morgan fingerprint density at radius 3 is 2.60 bits per heavy atom. The number of nitrogens with zero attached hydrogens (tertiary/aromatic N) is 1. The van der Waals surface area contributed by atoms with Crippen molar-refractivity contribution < 1.29 is 18.7 Å². The van der Waals surface area contributed by atoms with Gasteiger partial charge in [0.25, 0.3) is 0 Å². The second kappa shape index (κ2) is 8.44. The molecule has 0 unspecified atom stereocenters. The normalized spacial score (nSPS) is 14.2. The van der Waals surface area contributed by atoms with Crippen molar-refractivity contribution in [2.24, 2.45) is 0 Å². The summed E-state index contributed by atoms with van der Waals surface area (Å²) in [5.74, 6) is 1.15. The fourth-order valence-corrected chi connectivity index (χ4v) is 4.46. The highest BCUT2D eigenvalue weighted by Gasteiger charge is 2.50. The van der Waals surface area contributed by atoms with Crippen LogP contribution >= 0.6 is 11.3 Å². The summed E-state index contributed by atoms with van der Waals surface area (Å²) in [6, 6.07) is 12.5. The number of anilines is 1. The molecule has 1 aromatic heterocycles. The molecule has 1 fully saturated rings.